The van der Waals surface area contributed by atoms with Crippen LogP contribution in [-0.2, 0) is 4.79 Å². The van der Waals surface area contributed by atoms with E-state index in [2.05, 4.69) is 0 Å². The molecule has 1 rings (SSSR count). The second-order valence-electron chi connectivity index (χ2n) is 4.63. The highest BCUT2D eigenvalue weighted by Gasteiger charge is 2.14. The molecule has 0 saturated heterocycles. The van der Waals surface area contributed by atoms with Gasteiger partial charge in [0.15, 0.2) is 0 Å². The number of hydrogen-bond acceptors (Lipinski definition) is 2. The molecule has 1 aromatic carbocycles. The van der Waals surface area contributed by atoms with Crippen LogP contribution in [0.25, 0.3) is 0 Å². The fourth-order valence-corrected chi connectivity index (χ4v) is 2.04. The van der Waals surface area contributed by atoms with Gasteiger partial charge in [-0.3, -0.25) is 4.79 Å². The molecule has 106 valence electrons. The van der Waals surface area contributed by atoms with Gasteiger partial charge in [-0.15, -0.1) is 0 Å². The molecule has 1 atom stereocenters. The maximum Gasteiger partial charge on any atom is 0.222 e. The highest BCUT2D eigenvalue weighted by molar-refractivity contribution is 5.76. The first-order valence-electron chi connectivity index (χ1n) is 6.71. The van der Waals surface area contributed by atoms with Crippen molar-refractivity contribution in [1.29, 1.82) is 0 Å². The molecule has 3 nitrogen and oxygen atoms in total. The fraction of sp³-hybridized carbons (Fsp3) is 0.533. The molecule has 19 heavy (non-hydrogen) atoms. The number of hydrogen-bond donors (Lipinski definition) is 1. The lowest BCUT2D eigenvalue weighted by molar-refractivity contribution is -0.131. The Kier molecular flexibility index (Phi) is 5.96. The Morgan fingerprint density at radius 1 is 1.37 bits per heavy atom. The zero-order valence-corrected chi connectivity index (χ0v) is 11.8. The van der Waals surface area contributed by atoms with Crippen LogP contribution >= 0.6 is 0 Å². The predicted octanol–water partition coefficient (Wildman–Crippen LogP) is 2.82. The molecule has 1 aromatic rings. The van der Waals surface area contributed by atoms with E-state index in [0.717, 1.165) is 0 Å². The van der Waals surface area contributed by atoms with Crippen LogP contribution in [0, 0.1) is 12.7 Å². The first-order valence-corrected chi connectivity index (χ1v) is 6.71. The molecule has 4 heteroatoms. The van der Waals surface area contributed by atoms with Crippen LogP contribution in [0.1, 0.15) is 43.9 Å². The normalized spacial score (nSPS) is 12.3. The quantitative estimate of drug-likeness (QED) is 0.861. The molecule has 0 fully saturated rings. The minimum Gasteiger partial charge on any atom is -0.388 e. The molecular weight excluding hydrogens is 245 g/mol. The number of rotatable bonds is 6. The number of aliphatic hydroxyl groups is 1. The monoisotopic (exact) mass is 267 g/mol. The van der Waals surface area contributed by atoms with Gasteiger partial charge in [0.2, 0.25) is 5.91 Å². The van der Waals surface area contributed by atoms with Crippen LogP contribution in [0.2, 0.25) is 0 Å². The van der Waals surface area contributed by atoms with E-state index >= 15 is 0 Å². The summed E-state index contributed by atoms with van der Waals surface area (Å²) in [6.45, 7) is 6.89. The van der Waals surface area contributed by atoms with Crippen LogP contribution in [0.15, 0.2) is 18.2 Å². The van der Waals surface area contributed by atoms with Gasteiger partial charge in [-0.2, -0.15) is 0 Å². The summed E-state index contributed by atoms with van der Waals surface area (Å²) in [5.41, 5.74) is 1.16. The summed E-state index contributed by atoms with van der Waals surface area (Å²) in [5.74, 6) is -0.238. The Balaban J connectivity index is 2.57. The van der Waals surface area contributed by atoms with Crippen LogP contribution in [0.5, 0.6) is 0 Å². The molecule has 0 aliphatic carbocycles. The van der Waals surface area contributed by atoms with Gasteiger partial charge < -0.3 is 10.0 Å². The zero-order valence-electron chi connectivity index (χ0n) is 11.8. The summed E-state index contributed by atoms with van der Waals surface area (Å²) in [6.07, 6.45) is -0.0570. The smallest absolute Gasteiger partial charge is 0.222 e. The largest absolute Gasteiger partial charge is 0.388 e. The van der Waals surface area contributed by atoms with Crippen molar-refractivity contribution in [3.8, 4) is 0 Å². The lowest BCUT2D eigenvalue weighted by Gasteiger charge is -2.19. The molecule has 1 amide bonds. The summed E-state index contributed by atoms with van der Waals surface area (Å²) < 4.78 is 13.1. The third-order valence-electron chi connectivity index (χ3n) is 3.31. The van der Waals surface area contributed by atoms with E-state index in [0.29, 0.717) is 37.1 Å². The first kappa shape index (κ1) is 15.6. The van der Waals surface area contributed by atoms with E-state index < -0.39 is 6.10 Å². The third-order valence-corrected chi connectivity index (χ3v) is 3.31. The number of benzene rings is 1. The molecule has 0 aliphatic rings. The van der Waals surface area contributed by atoms with E-state index in [4.69, 9.17) is 0 Å². The molecular formula is C15H22FNO2. The lowest BCUT2D eigenvalue weighted by atomic mass is 10.0. The Labute approximate surface area is 114 Å². The maximum absolute atomic E-state index is 13.1. The van der Waals surface area contributed by atoms with Gasteiger partial charge in [-0.1, -0.05) is 12.1 Å². The molecule has 0 heterocycles. The molecule has 0 spiro atoms. The summed E-state index contributed by atoms with van der Waals surface area (Å²) in [5, 5.41) is 10.0. The van der Waals surface area contributed by atoms with Crippen molar-refractivity contribution in [3.05, 3.63) is 35.1 Å². The van der Waals surface area contributed by atoms with Gasteiger partial charge in [-0.25, -0.2) is 4.39 Å². The van der Waals surface area contributed by atoms with E-state index in [1.165, 1.54) is 6.07 Å². The average Bonchev–Trinajstić information content (AvgIpc) is 2.40. The van der Waals surface area contributed by atoms with Gasteiger partial charge in [0, 0.05) is 19.5 Å². The maximum atomic E-state index is 13.1. The Morgan fingerprint density at radius 2 is 2.00 bits per heavy atom. The highest BCUT2D eigenvalue weighted by Crippen LogP contribution is 2.21. The molecule has 0 aromatic heterocycles. The number of aliphatic hydroxyl groups excluding tert-OH is 1. The Bertz CT molecular complexity index is 430. The molecule has 0 radical (unpaired) electrons. The van der Waals surface area contributed by atoms with E-state index in [1.54, 1.807) is 24.0 Å². The van der Waals surface area contributed by atoms with E-state index in [9.17, 15) is 14.3 Å². The minimum absolute atomic E-state index is 0.0443. The second kappa shape index (κ2) is 7.24. The van der Waals surface area contributed by atoms with Gasteiger partial charge in [0.05, 0.1) is 6.10 Å². The predicted molar refractivity (Wildman–Crippen MR) is 73.3 cm³/mol. The topological polar surface area (TPSA) is 40.5 Å². The van der Waals surface area contributed by atoms with Crippen LogP contribution < -0.4 is 0 Å². The summed E-state index contributed by atoms with van der Waals surface area (Å²) >= 11 is 0. The van der Waals surface area contributed by atoms with Crippen molar-refractivity contribution in [3.63, 3.8) is 0 Å². The number of amides is 1. The molecule has 0 aliphatic heterocycles. The van der Waals surface area contributed by atoms with Gasteiger partial charge in [0.25, 0.3) is 0 Å². The van der Waals surface area contributed by atoms with Crippen molar-refractivity contribution < 1.29 is 14.3 Å². The van der Waals surface area contributed by atoms with Crippen LogP contribution in [0.4, 0.5) is 4.39 Å². The van der Waals surface area contributed by atoms with Crippen molar-refractivity contribution in [1.82, 2.24) is 4.90 Å². The number of nitrogens with zero attached hydrogens (tertiary/aromatic N) is 1. The lowest BCUT2D eigenvalue weighted by Crippen LogP contribution is -2.30. The number of aryl methyl sites for hydroxylation is 1. The molecule has 0 bridgehead atoms. The molecule has 1 unspecified atom stereocenters. The first-order chi connectivity index (χ1) is 8.99. The second-order valence-corrected chi connectivity index (χ2v) is 4.63. The van der Waals surface area contributed by atoms with Crippen molar-refractivity contribution >= 4 is 5.91 Å². The van der Waals surface area contributed by atoms with Crippen molar-refractivity contribution in [2.24, 2.45) is 0 Å². The third kappa shape index (κ3) is 4.31. The van der Waals surface area contributed by atoms with Gasteiger partial charge >= 0.3 is 0 Å². The number of halogens is 1. The van der Waals surface area contributed by atoms with Crippen molar-refractivity contribution in [2.75, 3.05) is 13.1 Å². The summed E-state index contributed by atoms with van der Waals surface area (Å²) in [7, 11) is 0. The number of carbonyl (C=O) groups is 1. The Morgan fingerprint density at radius 3 is 2.53 bits per heavy atom. The van der Waals surface area contributed by atoms with E-state index in [-0.39, 0.29) is 11.7 Å². The Hall–Kier alpha value is -1.42. The van der Waals surface area contributed by atoms with Crippen LogP contribution in [-0.4, -0.2) is 29.0 Å². The zero-order chi connectivity index (χ0) is 14.4. The number of carbonyl (C=O) groups excluding carboxylic acids is 1. The van der Waals surface area contributed by atoms with Crippen molar-refractivity contribution in [2.45, 2.75) is 39.7 Å². The minimum atomic E-state index is -0.723. The van der Waals surface area contributed by atoms with E-state index in [1.807, 2.05) is 13.8 Å². The van der Waals surface area contributed by atoms with Gasteiger partial charge in [0.1, 0.15) is 5.82 Å². The van der Waals surface area contributed by atoms with Crippen LogP contribution in [0.3, 0.4) is 0 Å². The molecule has 1 N–H and O–H groups in total. The standard InChI is InChI=1S/C15H22FNO2/c1-4-17(5-2)15(19)9-8-14(18)12-6-7-13(16)11(3)10-12/h6-7,10,14,18H,4-5,8-9H2,1-3H3. The highest BCUT2D eigenvalue weighted by atomic mass is 19.1. The fourth-order valence-electron chi connectivity index (χ4n) is 2.04. The summed E-state index contributed by atoms with van der Waals surface area (Å²) in [6, 6.07) is 4.54. The van der Waals surface area contributed by atoms with Gasteiger partial charge in [-0.05, 0) is 44.4 Å². The summed E-state index contributed by atoms with van der Waals surface area (Å²) in [4.78, 5) is 13.6. The SMILES string of the molecule is CCN(CC)C(=O)CCC(O)c1ccc(F)c(C)c1. The molecule has 0 saturated carbocycles. The average molecular weight is 267 g/mol.